The molecule has 0 aromatic heterocycles. The number of hydrogen-bond donors (Lipinski definition) is 2. The molecular formula is C14H21N3O3. The number of nitrogens with two attached hydrogens (primary N) is 2. The molecule has 0 unspecified atom stereocenters. The molecule has 0 radical (unpaired) electrons. The standard InChI is InChI=1S/C14H21N3O3/c1-9(2)7-17(8-13(16)18)12-5-4-10(6-11(12)15)14(19)20-3/h4-6,9H,7-8,15H2,1-3H3,(H2,16,18). The zero-order chi connectivity index (χ0) is 15.3. The second-order valence-electron chi connectivity index (χ2n) is 5.01. The van der Waals surface area contributed by atoms with Gasteiger partial charge in [0.25, 0.3) is 0 Å². The number of carbonyl (C=O) groups excluding carboxylic acids is 2. The molecular weight excluding hydrogens is 258 g/mol. The summed E-state index contributed by atoms with van der Waals surface area (Å²) >= 11 is 0. The van der Waals surface area contributed by atoms with Crippen molar-refractivity contribution in [1.29, 1.82) is 0 Å². The maximum absolute atomic E-state index is 11.4. The number of ether oxygens (including phenoxy) is 1. The van der Waals surface area contributed by atoms with Gasteiger partial charge in [0.2, 0.25) is 5.91 Å². The summed E-state index contributed by atoms with van der Waals surface area (Å²) in [6.45, 7) is 4.80. The molecule has 110 valence electrons. The van der Waals surface area contributed by atoms with E-state index in [9.17, 15) is 9.59 Å². The molecule has 0 fully saturated rings. The van der Waals surface area contributed by atoms with Crippen LogP contribution >= 0.6 is 0 Å². The van der Waals surface area contributed by atoms with Crippen LogP contribution in [0.15, 0.2) is 18.2 Å². The van der Waals surface area contributed by atoms with E-state index in [-0.39, 0.29) is 6.54 Å². The smallest absolute Gasteiger partial charge is 0.337 e. The first-order valence-corrected chi connectivity index (χ1v) is 6.36. The lowest BCUT2D eigenvalue weighted by atomic mass is 10.1. The van der Waals surface area contributed by atoms with Gasteiger partial charge in [-0.15, -0.1) is 0 Å². The average Bonchev–Trinajstić information content (AvgIpc) is 2.35. The Kier molecular flexibility index (Phi) is 5.37. The van der Waals surface area contributed by atoms with Crippen LogP contribution in [0.2, 0.25) is 0 Å². The summed E-state index contributed by atoms with van der Waals surface area (Å²) in [5.74, 6) is -0.537. The minimum atomic E-state index is -0.450. The Bertz CT molecular complexity index is 500. The molecule has 6 heteroatoms. The number of amides is 1. The molecule has 1 rings (SSSR count). The van der Waals surface area contributed by atoms with Gasteiger partial charge in [-0.25, -0.2) is 4.79 Å². The molecule has 0 bridgehead atoms. The predicted octanol–water partition coefficient (Wildman–Crippen LogP) is 1.00. The van der Waals surface area contributed by atoms with Crippen molar-refractivity contribution in [2.24, 2.45) is 11.7 Å². The van der Waals surface area contributed by atoms with E-state index in [4.69, 9.17) is 11.5 Å². The monoisotopic (exact) mass is 279 g/mol. The Labute approximate surface area is 118 Å². The average molecular weight is 279 g/mol. The molecule has 1 aromatic rings. The van der Waals surface area contributed by atoms with Gasteiger partial charge in [0.15, 0.2) is 0 Å². The van der Waals surface area contributed by atoms with Crippen LogP contribution in [0.25, 0.3) is 0 Å². The van der Waals surface area contributed by atoms with E-state index in [0.717, 1.165) is 0 Å². The van der Waals surface area contributed by atoms with Crippen molar-refractivity contribution in [3.8, 4) is 0 Å². The normalized spacial score (nSPS) is 10.4. The number of hydrogen-bond acceptors (Lipinski definition) is 5. The number of anilines is 2. The van der Waals surface area contributed by atoms with E-state index in [2.05, 4.69) is 4.74 Å². The van der Waals surface area contributed by atoms with Crippen LogP contribution in [0.1, 0.15) is 24.2 Å². The zero-order valence-corrected chi connectivity index (χ0v) is 12.1. The van der Waals surface area contributed by atoms with E-state index < -0.39 is 11.9 Å². The number of esters is 1. The van der Waals surface area contributed by atoms with Crippen LogP contribution in [-0.4, -0.2) is 32.1 Å². The van der Waals surface area contributed by atoms with Crippen molar-refractivity contribution in [2.45, 2.75) is 13.8 Å². The Hall–Kier alpha value is -2.24. The van der Waals surface area contributed by atoms with Gasteiger partial charge in [-0.3, -0.25) is 4.79 Å². The summed E-state index contributed by atoms with van der Waals surface area (Å²) in [5.41, 5.74) is 12.7. The number of carbonyl (C=O) groups is 2. The van der Waals surface area contributed by atoms with Gasteiger partial charge < -0.3 is 21.1 Å². The third-order valence-corrected chi connectivity index (χ3v) is 2.72. The molecule has 0 saturated heterocycles. The number of rotatable bonds is 6. The molecule has 1 amide bonds. The van der Waals surface area contributed by atoms with Gasteiger partial charge in [-0.2, -0.15) is 0 Å². The first kappa shape index (κ1) is 15.8. The molecule has 0 aliphatic heterocycles. The lowest BCUT2D eigenvalue weighted by Gasteiger charge is -2.26. The fourth-order valence-electron chi connectivity index (χ4n) is 1.96. The van der Waals surface area contributed by atoms with Crippen LogP contribution in [0.3, 0.4) is 0 Å². The number of benzene rings is 1. The highest BCUT2D eigenvalue weighted by Gasteiger charge is 2.16. The molecule has 0 aliphatic rings. The topological polar surface area (TPSA) is 98.6 Å². The summed E-state index contributed by atoms with van der Waals surface area (Å²) < 4.78 is 4.64. The van der Waals surface area contributed by atoms with Gasteiger partial charge in [0.1, 0.15) is 0 Å². The summed E-state index contributed by atoms with van der Waals surface area (Å²) in [5, 5.41) is 0. The van der Waals surface area contributed by atoms with E-state index >= 15 is 0 Å². The number of primary amides is 1. The maximum Gasteiger partial charge on any atom is 0.337 e. The number of nitrogens with zero attached hydrogens (tertiary/aromatic N) is 1. The van der Waals surface area contributed by atoms with Gasteiger partial charge in [-0.1, -0.05) is 13.8 Å². The highest BCUT2D eigenvalue weighted by Crippen LogP contribution is 2.25. The molecule has 1 aromatic carbocycles. The highest BCUT2D eigenvalue weighted by molar-refractivity contribution is 5.92. The third kappa shape index (κ3) is 4.15. The van der Waals surface area contributed by atoms with Crippen molar-refractivity contribution in [1.82, 2.24) is 0 Å². The Morgan fingerprint density at radius 2 is 2.00 bits per heavy atom. The lowest BCUT2D eigenvalue weighted by Crippen LogP contribution is -2.36. The summed E-state index contributed by atoms with van der Waals surface area (Å²) in [7, 11) is 1.31. The van der Waals surface area contributed by atoms with Crippen molar-refractivity contribution in [3.63, 3.8) is 0 Å². The summed E-state index contributed by atoms with van der Waals surface area (Å²) in [6.07, 6.45) is 0. The molecule has 6 nitrogen and oxygen atoms in total. The van der Waals surface area contributed by atoms with E-state index in [1.807, 2.05) is 18.7 Å². The molecule has 0 aliphatic carbocycles. The van der Waals surface area contributed by atoms with E-state index in [0.29, 0.717) is 29.4 Å². The van der Waals surface area contributed by atoms with Crippen molar-refractivity contribution < 1.29 is 14.3 Å². The third-order valence-electron chi connectivity index (χ3n) is 2.72. The van der Waals surface area contributed by atoms with Crippen molar-refractivity contribution in [2.75, 3.05) is 30.8 Å². The Balaban J connectivity index is 3.07. The number of nitrogen functional groups attached to an aromatic ring is 1. The Morgan fingerprint density at radius 1 is 1.35 bits per heavy atom. The molecule has 0 saturated carbocycles. The summed E-state index contributed by atoms with van der Waals surface area (Å²) in [4.78, 5) is 24.4. The number of methoxy groups -OCH3 is 1. The fourth-order valence-corrected chi connectivity index (χ4v) is 1.96. The van der Waals surface area contributed by atoms with Gasteiger partial charge in [-0.05, 0) is 24.1 Å². The quantitative estimate of drug-likeness (QED) is 0.598. The van der Waals surface area contributed by atoms with Crippen LogP contribution in [-0.2, 0) is 9.53 Å². The molecule has 0 heterocycles. The van der Waals surface area contributed by atoms with Crippen molar-refractivity contribution in [3.05, 3.63) is 23.8 Å². The van der Waals surface area contributed by atoms with Crippen LogP contribution in [0.5, 0.6) is 0 Å². The summed E-state index contributed by atoms with van der Waals surface area (Å²) in [6, 6.07) is 4.86. The van der Waals surface area contributed by atoms with Gasteiger partial charge in [0, 0.05) is 6.54 Å². The highest BCUT2D eigenvalue weighted by atomic mass is 16.5. The molecule has 20 heavy (non-hydrogen) atoms. The maximum atomic E-state index is 11.4. The molecule has 4 N–H and O–H groups in total. The molecule has 0 atom stereocenters. The van der Waals surface area contributed by atoms with Crippen LogP contribution < -0.4 is 16.4 Å². The zero-order valence-electron chi connectivity index (χ0n) is 12.1. The lowest BCUT2D eigenvalue weighted by molar-refractivity contribution is -0.116. The predicted molar refractivity (Wildman–Crippen MR) is 78.4 cm³/mol. The van der Waals surface area contributed by atoms with E-state index in [1.165, 1.54) is 13.2 Å². The van der Waals surface area contributed by atoms with Crippen molar-refractivity contribution >= 4 is 23.3 Å². The largest absolute Gasteiger partial charge is 0.465 e. The fraction of sp³-hybridized carbons (Fsp3) is 0.429. The van der Waals surface area contributed by atoms with Gasteiger partial charge >= 0.3 is 5.97 Å². The Morgan fingerprint density at radius 3 is 2.45 bits per heavy atom. The minimum absolute atomic E-state index is 0.0833. The van der Waals surface area contributed by atoms with Gasteiger partial charge in [0.05, 0.1) is 30.6 Å². The van der Waals surface area contributed by atoms with E-state index in [1.54, 1.807) is 12.1 Å². The minimum Gasteiger partial charge on any atom is -0.465 e. The first-order valence-electron chi connectivity index (χ1n) is 6.36. The second-order valence-corrected chi connectivity index (χ2v) is 5.01. The first-order chi connectivity index (χ1) is 9.35. The SMILES string of the molecule is COC(=O)c1ccc(N(CC(N)=O)CC(C)C)c(N)c1. The molecule has 0 spiro atoms. The van der Waals surface area contributed by atoms with Crippen LogP contribution in [0, 0.1) is 5.92 Å². The second kappa shape index (κ2) is 6.79. The van der Waals surface area contributed by atoms with Crippen LogP contribution in [0.4, 0.5) is 11.4 Å².